The van der Waals surface area contributed by atoms with Gasteiger partial charge in [-0.3, -0.25) is 0 Å². The van der Waals surface area contributed by atoms with Crippen molar-refractivity contribution in [2.24, 2.45) is 0 Å². The molecule has 0 unspecified atom stereocenters. The van der Waals surface area contributed by atoms with Gasteiger partial charge in [-0.15, -0.1) is 12.6 Å². The maximum Gasteiger partial charge on any atom is 0.336 e. The van der Waals surface area contributed by atoms with Gasteiger partial charge >= 0.3 is 5.97 Å². The van der Waals surface area contributed by atoms with Crippen molar-refractivity contribution in [2.75, 3.05) is 0 Å². The van der Waals surface area contributed by atoms with Gasteiger partial charge in [0.15, 0.2) is 0 Å². The highest BCUT2D eigenvalue weighted by molar-refractivity contribution is 7.80. The van der Waals surface area contributed by atoms with Gasteiger partial charge in [0.1, 0.15) is 0 Å². The highest BCUT2D eigenvalue weighted by Crippen LogP contribution is 2.11. The molecule has 0 spiro atoms. The van der Waals surface area contributed by atoms with Crippen LogP contribution in [0.4, 0.5) is 0 Å². The van der Waals surface area contributed by atoms with Gasteiger partial charge in [-0.05, 0) is 12.1 Å². The van der Waals surface area contributed by atoms with E-state index in [1.807, 2.05) is 36.4 Å². The van der Waals surface area contributed by atoms with E-state index >= 15 is 0 Å². The van der Waals surface area contributed by atoms with Crippen molar-refractivity contribution in [3.8, 4) is 0 Å². The molecule has 0 saturated carbocycles. The summed E-state index contributed by atoms with van der Waals surface area (Å²) in [4.78, 5) is 10.9. The summed E-state index contributed by atoms with van der Waals surface area (Å²) in [7, 11) is 0. The molecule has 82 valence electrons. The van der Waals surface area contributed by atoms with Crippen molar-refractivity contribution in [1.29, 1.82) is 0 Å². The highest BCUT2D eigenvalue weighted by atomic mass is 32.1. The number of benzene rings is 2. The molecule has 0 aliphatic heterocycles. The number of hydrogen-bond donors (Lipinski definition) is 2. The lowest BCUT2D eigenvalue weighted by molar-refractivity contribution is 0.0693. The van der Waals surface area contributed by atoms with Gasteiger partial charge in [0.05, 0.1) is 5.56 Å². The summed E-state index contributed by atoms with van der Waals surface area (Å²) < 4.78 is 0. The van der Waals surface area contributed by atoms with Crippen LogP contribution in [0, 0.1) is 0 Å². The predicted molar refractivity (Wildman–Crippen MR) is 67.1 cm³/mol. The van der Waals surface area contributed by atoms with Crippen molar-refractivity contribution in [2.45, 2.75) is 4.90 Å². The van der Waals surface area contributed by atoms with Crippen molar-refractivity contribution >= 4 is 18.6 Å². The van der Waals surface area contributed by atoms with Gasteiger partial charge in [0.25, 0.3) is 0 Å². The van der Waals surface area contributed by atoms with Gasteiger partial charge in [0, 0.05) is 4.90 Å². The number of hydrogen-bond acceptors (Lipinski definition) is 2. The topological polar surface area (TPSA) is 37.3 Å². The standard InChI is InChI=1S/C7H6O2S.C6H6/c8-7(9)5-3-1-2-4-6(5)10;1-2-4-6-5-3-1/h1-4,10H,(H,8,9);1-6H. The van der Waals surface area contributed by atoms with Crippen molar-refractivity contribution in [3.05, 3.63) is 66.2 Å². The van der Waals surface area contributed by atoms with Gasteiger partial charge in [-0.2, -0.15) is 0 Å². The van der Waals surface area contributed by atoms with Crippen LogP contribution in [-0.4, -0.2) is 11.1 Å². The second kappa shape index (κ2) is 6.69. The van der Waals surface area contributed by atoms with Gasteiger partial charge < -0.3 is 5.11 Å². The molecule has 0 aromatic heterocycles. The zero-order valence-electron chi connectivity index (χ0n) is 8.58. The van der Waals surface area contributed by atoms with Gasteiger partial charge in [0.2, 0.25) is 0 Å². The van der Waals surface area contributed by atoms with E-state index in [2.05, 4.69) is 12.6 Å². The zero-order valence-corrected chi connectivity index (χ0v) is 9.47. The second-order valence-corrected chi connectivity index (χ2v) is 3.46. The lowest BCUT2D eigenvalue weighted by Crippen LogP contribution is -1.96. The normalized spacial score (nSPS) is 8.81. The van der Waals surface area contributed by atoms with E-state index in [9.17, 15) is 4.79 Å². The van der Waals surface area contributed by atoms with E-state index in [-0.39, 0.29) is 5.56 Å². The molecule has 0 saturated heterocycles. The molecule has 0 amide bonds. The zero-order chi connectivity index (χ0) is 11.8. The molecular formula is C13H12O2S. The Balaban J connectivity index is 0.000000181. The largest absolute Gasteiger partial charge is 0.478 e. The Labute approximate surface area is 100.0 Å². The Bertz CT molecular complexity index is 414. The van der Waals surface area contributed by atoms with Crippen LogP contribution >= 0.6 is 12.6 Å². The molecule has 0 aliphatic rings. The molecular weight excluding hydrogens is 220 g/mol. The minimum absolute atomic E-state index is 0.242. The Morgan fingerprint density at radius 3 is 1.62 bits per heavy atom. The van der Waals surface area contributed by atoms with Gasteiger partial charge in [-0.25, -0.2) is 4.79 Å². The van der Waals surface area contributed by atoms with Crippen LogP contribution in [0.3, 0.4) is 0 Å². The van der Waals surface area contributed by atoms with Crippen LogP contribution in [0.2, 0.25) is 0 Å². The van der Waals surface area contributed by atoms with Crippen LogP contribution in [0.25, 0.3) is 0 Å². The molecule has 3 heteroatoms. The average Bonchev–Trinajstić information content (AvgIpc) is 2.32. The summed E-state index contributed by atoms with van der Waals surface area (Å²) in [5.74, 6) is -0.939. The fourth-order valence-electron chi connectivity index (χ4n) is 1.04. The van der Waals surface area contributed by atoms with E-state index in [0.717, 1.165) is 0 Å². The Kier molecular flexibility index (Phi) is 5.16. The van der Waals surface area contributed by atoms with Crippen molar-refractivity contribution in [3.63, 3.8) is 0 Å². The minimum atomic E-state index is -0.939. The summed E-state index contributed by atoms with van der Waals surface area (Å²) in [5, 5.41) is 8.52. The first-order valence-electron chi connectivity index (χ1n) is 4.73. The quantitative estimate of drug-likeness (QED) is 0.740. The van der Waals surface area contributed by atoms with Crippen molar-refractivity contribution < 1.29 is 9.90 Å². The number of aromatic carboxylic acids is 1. The third-order valence-corrected chi connectivity index (χ3v) is 2.19. The second-order valence-electron chi connectivity index (χ2n) is 2.98. The molecule has 0 atom stereocenters. The number of carboxylic acids is 1. The molecule has 0 fully saturated rings. The van der Waals surface area contributed by atoms with Crippen molar-refractivity contribution in [1.82, 2.24) is 0 Å². The number of carbonyl (C=O) groups is 1. The molecule has 0 radical (unpaired) electrons. The third-order valence-electron chi connectivity index (χ3n) is 1.80. The van der Waals surface area contributed by atoms with E-state index in [4.69, 9.17) is 5.11 Å². The average molecular weight is 232 g/mol. The molecule has 2 aromatic rings. The number of thiol groups is 1. The summed E-state index contributed by atoms with van der Waals surface area (Å²) in [5.41, 5.74) is 0.242. The molecule has 16 heavy (non-hydrogen) atoms. The highest BCUT2D eigenvalue weighted by Gasteiger charge is 2.03. The van der Waals surface area contributed by atoms with Crippen LogP contribution in [-0.2, 0) is 0 Å². The molecule has 2 nitrogen and oxygen atoms in total. The van der Waals surface area contributed by atoms with Crippen LogP contribution in [0.1, 0.15) is 10.4 Å². The smallest absolute Gasteiger partial charge is 0.336 e. The van der Waals surface area contributed by atoms with E-state index < -0.39 is 5.97 Å². The first-order chi connectivity index (χ1) is 7.72. The molecule has 2 aromatic carbocycles. The van der Waals surface area contributed by atoms with E-state index in [0.29, 0.717) is 4.90 Å². The van der Waals surface area contributed by atoms with Gasteiger partial charge in [-0.1, -0.05) is 48.5 Å². The molecule has 0 aliphatic carbocycles. The van der Waals surface area contributed by atoms with E-state index in [1.54, 1.807) is 18.2 Å². The molecule has 1 N–H and O–H groups in total. The Morgan fingerprint density at radius 2 is 1.31 bits per heavy atom. The Hall–Kier alpha value is -1.74. The fraction of sp³-hybridized carbons (Fsp3) is 0. The SMILES string of the molecule is O=C(O)c1ccccc1S.c1ccccc1. The maximum atomic E-state index is 10.4. The van der Waals surface area contributed by atoms with E-state index in [1.165, 1.54) is 6.07 Å². The first-order valence-corrected chi connectivity index (χ1v) is 5.18. The summed E-state index contributed by atoms with van der Waals surface area (Å²) in [6.45, 7) is 0. The number of rotatable bonds is 1. The first kappa shape index (κ1) is 12.3. The Morgan fingerprint density at radius 1 is 0.875 bits per heavy atom. The molecule has 0 heterocycles. The van der Waals surface area contributed by atoms with Crippen LogP contribution in [0.5, 0.6) is 0 Å². The fourth-order valence-corrected chi connectivity index (χ4v) is 1.30. The minimum Gasteiger partial charge on any atom is -0.478 e. The third kappa shape index (κ3) is 4.19. The summed E-state index contributed by atoms with van der Waals surface area (Å²) in [6.07, 6.45) is 0. The lowest BCUT2D eigenvalue weighted by Gasteiger charge is -1.95. The lowest BCUT2D eigenvalue weighted by atomic mass is 10.2. The summed E-state index contributed by atoms with van der Waals surface area (Å²) in [6, 6.07) is 18.6. The van der Waals surface area contributed by atoms with Crippen LogP contribution in [0.15, 0.2) is 65.6 Å². The summed E-state index contributed by atoms with van der Waals surface area (Å²) >= 11 is 3.96. The monoisotopic (exact) mass is 232 g/mol. The number of carboxylic acid groups (broad SMARTS) is 1. The molecule has 0 bridgehead atoms. The predicted octanol–water partition coefficient (Wildman–Crippen LogP) is 3.36. The molecule has 2 rings (SSSR count). The van der Waals surface area contributed by atoms with Crippen LogP contribution < -0.4 is 0 Å². The maximum absolute atomic E-state index is 10.4.